The number of hydrogen-bond donors (Lipinski definition) is 1. The molecule has 0 radical (unpaired) electrons. The Kier molecular flexibility index (Phi) is 3.98. The molecule has 0 aliphatic rings. The highest BCUT2D eigenvalue weighted by molar-refractivity contribution is 6.30. The number of hydrogen-bond acceptors (Lipinski definition) is 4. The van der Waals surface area contributed by atoms with E-state index in [1.807, 2.05) is 36.4 Å². The van der Waals surface area contributed by atoms with Crippen LogP contribution in [0, 0.1) is 0 Å². The van der Waals surface area contributed by atoms with Crippen LogP contribution >= 0.6 is 11.6 Å². The Morgan fingerprint density at radius 3 is 2.61 bits per heavy atom. The third-order valence-electron chi connectivity index (χ3n) is 3.65. The molecule has 23 heavy (non-hydrogen) atoms. The van der Waals surface area contributed by atoms with E-state index in [1.54, 1.807) is 4.52 Å². The van der Waals surface area contributed by atoms with Gasteiger partial charge in [-0.25, -0.2) is 0 Å². The predicted molar refractivity (Wildman–Crippen MR) is 93.0 cm³/mol. The van der Waals surface area contributed by atoms with E-state index in [0.29, 0.717) is 0 Å². The molecule has 0 amide bonds. The molecule has 0 bridgehead atoms. The highest BCUT2D eigenvalue weighted by Crippen LogP contribution is 2.23. The van der Waals surface area contributed by atoms with E-state index >= 15 is 0 Å². The van der Waals surface area contributed by atoms with E-state index in [2.05, 4.69) is 48.3 Å². The summed E-state index contributed by atoms with van der Waals surface area (Å²) < 4.78 is 1.80. The first-order valence-electron chi connectivity index (χ1n) is 7.59. The van der Waals surface area contributed by atoms with Crippen molar-refractivity contribution in [3.8, 4) is 0 Å². The lowest BCUT2D eigenvalue weighted by Crippen LogP contribution is -2.18. The lowest BCUT2D eigenvalue weighted by atomic mass is 9.96. The number of fused-ring (bicyclic) bond motifs is 1. The molecule has 5 nitrogen and oxygen atoms in total. The van der Waals surface area contributed by atoms with Gasteiger partial charge in [-0.15, -0.1) is 15.3 Å². The van der Waals surface area contributed by atoms with Crippen LogP contribution in [-0.4, -0.2) is 19.8 Å². The van der Waals surface area contributed by atoms with Gasteiger partial charge in [0.25, 0.3) is 0 Å². The lowest BCUT2D eigenvalue weighted by molar-refractivity contribution is 0.527. The Bertz CT molecular complexity index is 834. The second-order valence-electron chi connectivity index (χ2n) is 6.68. The summed E-state index contributed by atoms with van der Waals surface area (Å²) in [5.74, 6) is 1.61. The number of nitrogens with one attached hydrogen (secondary N) is 1. The van der Waals surface area contributed by atoms with Crippen LogP contribution in [0.1, 0.15) is 45.1 Å². The summed E-state index contributed by atoms with van der Waals surface area (Å²) in [5.41, 5.74) is 1.74. The molecular formula is C17H20ClN5. The number of rotatable bonds is 3. The first-order valence-corrected chi connectivity index (χ1v) is 7.97. The van der Waals surface area contributed by atoms with Gasteiger partial charge in [0.2, 0.25) is 0 Å². The van der Waals surface area contributed by atoms with E-state index in [1.165, 1.54) is 0 Å². The van der Waals surface area contributed by atoms with Gasteiger partial charge < -0.3 is 5.32 Å². The molecule has 0 fully saturated rings. The number of halogens is 1. The SMILES string of the molecule is CC(Nc1ccc2nnc(C(C)(C)C)n2n1)c1cccc(Cl)c1. The molecule has 1 aromatic carbocycles. The smallest absolute Gasteiger partial charge is 0.178 e. The Hall–Kier alpha value is -2.14. The second kappa shape index (κ2) is 5.81. The molecule has 0 saturated carbocycles. The Morgan fingerprint density at radius 2 is 1.91 bits per heavy atom. The second-order valence-corrected chi connectivity index (χ2v) is 7.12. The summed E-state index contributed by atoms with van der Waals surface area (Å²) in [6.45, 7) is 8.37. The van der Waals surface area contributed by atoms with Crippen molar-refractivity contribution < 1.29 is 0 Å². The molecule has 0 spiro atoms. The average Bonchev–Trinajstić information content (AvgIpc) is 2.90. The number of nitrogens with zero attached hydrogens (tertiary/aromatic N) is 4. The van der Waals surface area contributed by atoms with Crippen molar-refractivity contribution in [3.63, 3.8) is 0 Å². The van der Waals surface area contributed by atoms with Crippen molar-refractivity contribution in [2.75, 3.05) is 5.32 Å². The van der Waals surface area contributed by atoms with Crippen LogP contribution < -0.4 is 5.32 Å². The molecule has 0 aliphatic carbocycles. The molecule has 6 heteroatoms. The van der Waals surface area contributed by atoms with Crippen LogP contribution in [0.5, 0.6) is 0 Å². The molecule has 3 aromatic rings. The molecule has 1 N–H and O–H groups in total. The molecule has 0 aliphatic heterocycles. The monoisotopic (exact) mass is 329 g/mol. The summed E-state index contributed by atoms with van der Waals surface area (Å²) in [7, 11) is 0. The van der Waals surface area contributed by atoms with Crippen LogP contribution in [0.4, 0.5) is 5.82 Å². The largest absolute Gasteiger partial charge is 0.362 e. The van der Waals surface area contributed by atoms with Crippen LogP contribution in [0.3, 0.4) is 0 Å². The van der Waals surface area contributed by atoms with E-state index in [-0.39, 0.29) is 11.5 Å². The van der Waals surface area contributed by atoms with Gasteiger partial charge in [0.15, 0.2) is 11.5 Å². The van der Waals surface area contributed by atoms with Gasteiger partial charge in [0.05, 0.1) is 6.04 Å². The first-order chi connectivity index (χ1) is 10.8. The predicted octanol–water partition coefficient (Wildman–Crippen LogP) is 4.25. The van der Waals surface area contributed by atoms with Gasteiger partial charge in [0, 0.05) is 10.4 Å². The van der Waals surface area contributed by atoms with Crippen LogP contribution in [-0.2, 0) is 5.41 Å². The molecule has 2 aromatic heterocycles. The summed E-state index contributed by atoms with van der Waals surface area (Å²) >= 11 is 6.06. The van der Waals surface area contributed by atoms with Crippen molar-refractivity contribution in [2.24, 2.45) is 0 Å². The van der Waals surface area contributed by atoms with Gasteiger partial charge in [-0.3, -0.25) is 0 Å². The molecule has 3 rings (SSSR count). The third-order valence-corrected chi connectivity index (χ3v) is 3.88. The van der Waals surface area contributed by atoms with Gasteiger partial charge in [0.1, 0.15) is 5.82 Å². The Balaban J connectivity index is 1.91. The molecular weight excluding hydrogens is 310 g/mol. The zero-order chi connectivity index (χ0) is 16.6. The van der Waals surface area contributed by atoms with Crippen molar-refractivity contribution >= 4 is 23.1 Å². The van der Waals surface area contributed by atoms with Gasteiger partial charge >= 0.3 is 0 Å². The highest BCUT2D eigenvalue weighted by Gasteiger charge is 2.22. The summed E-state index contributed by atoms with van der Waals surface area (Å²) in [6, 6.07) is 11.7. The van der Waals surface area contributed by atoms with Gasteiger partial charge in [-0.1, -0.05) is 44.5 Å². The summed E-state index contributed by atoms with van der Waals surface area (Å²) in [4.78, 5) is 0. The lowest BCUT2D eigenvalue weighted by Gasteiger charge is -2.17. The maximum atomic E-state index is 6.06. The molecule has 120 valence electrons. The fourth-order valence-electron chi connectivity index (χ4n) is 2.41. The van der Waals surface area contributed by atoms with Crippen molar-refractivity contribution in [3.05, 3.63) is 52.8 Å². The number of aromatic nitrogens is 4. The van der Waals surface area contributed by atoms with Crippen molar-refractivity contribution in [1.29, 1.82) is 0 Å². The quantitative estimate of drug-likeness (QED) is 0.780. The molecule has 2 heterocycles. The fraction of sp³-hybridized carbons (Fsp3) is 0.353. The van der Waals surface area contributed by atoms with Crippen molar-refractivity contribution in [2.45, 2.75) is 39.2 Å². The van der Waals surface area contributed by atoms with E-state index in [0.717, 1.165) is 27.9 Å². The van der Waals surface area contributed by atoms with Crippen molar-refractivity contribution in [1.82, 2.24) is 19.8 Å². The Morgan fingerprint density at radius 1 is 1.13 bits per heavy atom. The van der Waals surface area contributed by atoms with Crippen LogP contribution in [0.25, 0.3) is 5.65 Å². The van der Waals surface area contributed by atoms with Crippen LogP contribution in [0.2, 0.25) is 5.02 Å². The van der Waals surface area contributed by atoms with E-state index < -0.39 is 0 Å². The topological polar surface area (TPSA) is 55.1 Å². The first kappa shape index (κ1) is 15.7. The number of anilines is 1. The molecule has 1 atom stereocenters. The maximum Gasteiger partial charge on any atom is 0.178 e. The van der Waals surface area contributed by atoms with Crippen LogP contribution in [0.15, 0.2) is 36.4 Å². The summed E-state index contributed by atoms with van der Waals surface area (Å²) in [6.07, 6.45) is 0. The standard InChI is InChI=1S/C17H20ClN5/c1-11(12-6-5-7-13(18)10-12)19-14-8-9-15-20-21-16(17(2,3)4)23(15)22-14/h5-11H,1-4H3,(H,19,22). The summed E-state index contributed by atoms with van der Waals surface area (Å²) in [5, 5.41) is 17.2. The fourth-order valence-corrected chi connectivity index (χ4v) is 2.61. The minimum Gasteiger partial charge on any atom is -0.362 e. The average molecular weight is 330 g/mol. The van der Waals surface area contributed by atoms with Gasteiger partial charge in [-0.2, -0.15) is 4.52 Å². The maximum absolute atomic E-state index is 6.06. The minimum atomic E-state index is -0.121. The zero-order valence-electron chi connectivity index (χ0n) is 13.7. The highest BCUT2D eigenvalue weighted by atomic mass is 35.5. The minimum absolute atomic E-state index is 0.0909. The number of benzene rings is 1. The Labute approximate surface area is 140 Å². The zero-order valence-corrected chi connectivity index (χ0v) is 14.5. The van der Waals surface area contributed by atoms with E-state index in [4.69, 9.17) is 11.6 Å². The molecule has 1 unspecified atom stereocenters. The third kappa shape index (κ3) is 3.29. The normalized spacial score (nSPS) is 13.3. The van der Waals surface area contributed by atoms with E-state index in [9.17, 15) is 0 Å². The molecule has 0 saturated heterocycles. The van der Waals surface area contributed by atoms with Gasteiger partial charge in [-0.05, 0) is 36.8 Å².